The first kappa shape index (κ1) is 26.4. The number of amides is 1. The fraction of sp³-hybridized carbons (Fsp3) is 0.308. The van der Waals surface area contributed by atoms with Gasteiger partial charge in [-0.25, -0.2) is 4.79 Å². The highest BCUT2D eigenvalue weighted by atomic mass is 32.1. The molecule has 3 rings (SSSR count). The summed E-state index contributed by atoms with van der Waals surface area (Å²) in [7, 11) is 0. The van der Waals surface area contributed by atoms with Crippen molar-refractivity contribution in [1.29, 1.82) is 0 Å². The normalized spacial score (nSPS) is 15.1. The molecule has 5 nitrogen and oxygen atoms in total. The van der Waals surface area contributed by atoms with Gasteiger partial charge in [-0.2, -0.15) is 13.2 Å². The predicted octanol–water partition coefficient (Wildman–Crippen LogP) is 6.17. The standard InChI is InChI=1S/C26H26F3NO4S/c1-15(5-4-6-16(2)26(27,28)29)13-21-23(20-11-12-34-14-22(20)35-21)24(31)30-17(3)18-7-9-19(10-8-18)25(32)33/h4-10,17H,2,11-14H2,1,3H3,(H,30,31)(H,32,33)/b6-4-,15-5+/t17-/m1/s1. The van der Waals surface area contributed by atoms with Gasteiger partial charge in [0.2, 0.25) is 0 Å². The van der Waals surface area contributed by atoms with Gasteiger partial charge in [0.25, 0.3) is 5.91 Å². The number of aromatic carboxylic acids is 1. The lowest BCUT2D eigenvalue weighted by molar-refractivity contribution is -0.0878. The van der Waals surface area contributed by atoms with Crippen LogP contribution in [0.1, 0.15) is 61.5 Å². The summed E-state index contributed by atoms with van der Waals surface area (Å²) in [5.74, 6) is -1.27. The van der Waals surface area contributed by atoms with Crippen LogP contribution in [0.2, 0.25) is 0 Å². The van der Waals surface area contributed by atoms with Crippen molar-refractivity contribution >= 4 is 23.2 Å². The van der Waals surface area contributed by atoms with E-state index in [1.807, 2.05) is 6.92 Å². The maximum absolute atomic E-state index is 13.3. The van der Waals surface area contributed by atoms with Gasteiger partial charge < -0.3 is 15.2 Å². The minimum atomic E-state index is -4.47. The van der Waals surface area contributed by atoms with Crippen molar-refractivity contribution in [2.75, 3.05) is 6.61 Å². The van der Waals surface area contributed by atoms with E-state index in [-0.39, 0.29) is 17.5 Å². The summed E-state index contributed by atoms with van der Waals surface area (Å²) in [4.78, 5) is 26.2. The molecule has 0 unspecified atom stereocenters. The molecule has 9 heteroatoms. The summed E-state index contributed by atoms with van der Waals surface area (Å²) in [5, 5.41) is 12.1. The SMILES string of the molecule is C=C(/C=C\C=C(/C)Cc1sc2c(c1C(=O)N[C@H](C)c1ccc(C(=O)O)cc1)CCOC2)C(F)(F)F. The highest BCUT2D eigenvalue weighted by Gasteiger charge is 2.29. The number of fused-ring (bicyclic) bond motifs is 1. The third-order valence-electron chi connectivity index (χ3n) is 5.61. The number of thiophene rings is 1. The first-order valence-corrected chi connectivity index (χ1v) is 11.7. The molecule has 0 saturated heterocycles. The molecule has 1 aliphatic rings. The van der Waals surface area contributed by atoms with Gasteiger partial charge >= 0.3 is 12.1 Å². The quantitative estimate of drug-likeness (QED) is 0.421. The van der Waals surface area contributed by atoms with Crippen molar-refractivity contribution in [2.24, 2.45) is 0 Å². The molecule has 1 aliphatic heterocycles. The molecule has 1 atom stereocenters. The Morgan fingerprint density at radius 1 is 1.29 bits per heavy atom. The van der Waals surface area contributed by atoms with Crippen LogP contribution in [-0.2, 0) is 24.2 Å². The third kappa shape index (κ3) is 6.70. The van der Waals surface area contributed by atoms with Crippen molar-refractivity contribution in [3.8, 4) is 0 Å². The van der Waals surface area contributed by atoms with Crippen LogP contribution >= 0.6 is 11.3 Å². The lowest BCUT2D eigenvalue weighted by Crippen LogP contribution is -2.28. The second-order valence-electron chi connectivity index (χ2n) is 8.30. The van der Waals surface area contributed by atoms with Crippen LogP contribution in [0.15, 0.2) is 60.2 Å². The Morgan fingerprint density at radius 3 is 2.60 bits per heavy atom. The van der Waals surface area contributed by atoms with Crippen LogP contribution in [0.5, 0.6) is 0 Å². The van der Waals surface area contributed by atoms with Crippen LogP contribution < -0.4 is 5.32 Å². The molecule has 186 valence electrons. The van der Waals surface area contributed by atoms with Crippen molar-refractivity contribution in [1.82, 2.24) is 5.32 Å². The molecule has 2 N–H and O–H groups in total. The van der Waals surface area contributed by atoms with Gasteiger partial charge in [0, 0.05) is 21.7 Å². The van der Waals surface area contributed by atoms with Crippen LogP contribution in [-0.4, -0.2) is 29.8 Å². The first-order chi connectivity index (χ1) is 16.5. The zero-order valence-electron chi connectivity index (χ0n) is 19.4. The molecule has 0 fully saturated rings. The molecule has 0 saturated carbocycles. The summed E-state index contributed by atoms with van der Waals surface area (Å²) in [6, 6.07) is 5.96. The number of ether oxygens (including phenoxy) is 1. The summed E-state index contributed by atoms with van der Waals surface area (Å²) < 4.78 is 43.4. The van der Waals surface area contributed by atoms with Gasteiger partial charge in [0.05, 0.1) is 30.4 Å². The summed E-state index contributed by atoms with van der Waals surface area (Å²) in [5.41, 5.74) is 2.31. The molecule has 35 heavy (non-hydrogen) atoms. The van der Waals surface area contributed by atoms with Crippen LogP contribution in [0, 0.1) is 0 Å². The molecule has 2 heterocycles. The number of carboxylic acids is 1. The Labute approximate surface area is 205 Å². The lowest BCUT2D eigenvalue weighted by atomic mass is 9.99. The van der Waals surface area contributed by atoms with Crippen LogP contribution in [0.3, 0.4) is 0 Å². The number of carboxylic acid groups (broad SMARTS) is 1. The zero-order chi connectivity index (χ0) is 25.8. The van der Waals surface area contributed by atoms with E-state index in [9.17, 15) is 22.8 Å². The van der Waals surface area contributed by atoms with E-state index in [4.69, 9.17) is 9.84 Å². The smallest absolute Gasteiger partial charge is 0.415 e. The summed E-state index contributed by atoms with van der Waals surface area (Å²) in [6.07, 6.45) is 0.350. The Hall–Kier alpha value is -3.17. The highest BCUT2D eigenvalue weighted by molar-refractivity contribution is 7.12. The fourth-order valence-corrected chi connectivity index (χ4v) is 5.06. The van der Waals surface area contributed by atoms with Crippen molar-refractivity contribution in [3.63, 3.8) is 0 Å². The molecule has 0 bridgehead atoms. The molecule has 0 spiro atoms. The highest BCUT2D eigenvalue weighted by Crippen LogP contribution is 2.34. The molecule has 1 aromatic carbocycles. The fourth-order valence-electron chi connectivity index (χ4n) is 3.68. The van der Waals surface area contributed by atoms with Gasteiger partial charge in [-0.15, -0.1) is 11.3 Å². The van der Waals surface area contributed by atoms with Gasteiger partial charge in [-0.1, -0.05) is 42.5 Å². The van der Waals surface area contributed by atoms with Crippen LogP contribution in [0.25, 0.3) is 0 Å². The van der Waals surface area contributed by atoms with E-state index in [1.165, 1.54) is 29.5 Å². The number of nitrogens with one attached hydrogen (secondary N) is 1. The second-order valence-corrected chi connectivity index (χ2v) is 9.49. The van der Waals surface area contributed by atoms with Gasteiger partial charge in [0.15, 0.2) is 0 Å². The molecule has 2 aromatic rings. The van der Waals surface area contributed by atoms with E-state index in [2.05, 4.69) is 11.9 Å². The Morgan fingerprint density at radius 2 is 1.97 bits per heavy atom. The lowest BCUT2D eigenvalue weighted by Gasteiger charge is -2.17. The first-order valence-electron chi connectivity index (χ1n) is 10.9. The predicted molar refractivity (Wildman–Crippen MR) is 129 cm³/mol. The number of allylic oxidation sites excluding steroid dienone is 5. The van der Waals surface area contributed by atoms with Gasteiger partial charge in [0.1, 0.15) is 0 Å². The van der Waals surface area contributed by atoms with Crippen LogP contribution in [0.4, 0.5) is 13.2 Å². The van der Waals surface area contributed by atoms with E-state index in [1.54, 1.807) is 25.1 Å². The number of carbonyl (C=O) groups excluding carboxylic acids is 1. The minimum Gasteiger partial charge on any atom is -0.478 e. The second kappa shape index (κ2) is 11.0. The van der Waals surface area contributed by atoms with Crippen molar-refractivity contribution in [3.05, 3.63) is 92.2 Å². The topological polar surface area (TPSA) is 75.6 Å². The Kier molecular flexibility index (Phi) is 8.34. The molecule has 1 amide bonds. The van der Waals surface area contributed by atoms with Crippen molar-refractivity contribution < 1.29 is 32.6 Å². The zero-order valence-corrected chi connectivity index (χ0v) is 20.2. The maximum Gasteiger partial charge on any atom is 0.415 e. The molecular formula is C26H26F3NO4S. The Balaban J connectivity index is 1.81. The molecule has 1 aromatic heterocycles. The van der Waals surface area contributed by atoms with E-state index in [0.717, 1.165) is 32.5 Å². The molecule has 0 radical (unpaired) electrons. The number of alkyl halides is 3. The number of carbonyl (C=O) groups is 2. The van der Waals surface area contributed by atoms with E-state index < -0.39 is 17.7 Å². The maximum atomic E-state index is 13.3. The monoisotopic (exact) mass is 505 g/mol. The van der Waals surface area contributed by atoms with Gasteiger partial charge in [-0.05, 0) is 43.5 Å². The Bertz CT molecular complexity index is 1180. The number of hydrogen-bond acceptors (Lipinski definition) is 4. The molecular weight excluding hydrogens is 479 g/mol. The van der Waals surface area contributed by atoms with Gasteiger partial charge in [-0.3, -0.25) is 4.79 Å². The number of benzene rings is 1. The average Bonchev–Trinajstić information content (AvgIpc) is 3.16. The number of halogens is 3. The number of hydrogen-bond donors (Lipinski definition) is 2. The average molecular weight is 506 g/mol. The minimum absolute atomic E-state index is 0.164. The number of rotatable bonds is 8. The van der Waals surface area contributed by atoms with Crippen molar-refractivity contribution in [2.45, 2.75) is 45.5 Å². The molecule has 0 aliphatic carbocycles. The van der Waals surface area contributed by atoms with E-state index in [0.29, 0.717) is 31.6 Å². The summed E-state index contributed by atoms with van der Waals surface area (Å²) >= 11 is 1.48. The summed E-state index contributed by atoms with van der Waals surface area (Å²) in [6.45, 7) is 7.56. The largest absolute Gasteiger partial charge is 0.478 e. The third-order valence-corrected chi connectivity index (χ3v) is 6.81. The van der Waals surface area contributed by atoms with E-state index >= 15 is 0 Å².